The molecule has 0 aliphatic rings. The zero-order valence-electron chi connectivity index (χ0n) is 10.3. The van der Waals surface area contributed by atoms with Gasteiger partial charge in [-0.1, -0.05) is 0 Å². The first-order valence-corrected chi connectivity index (χ1v) is 6.90. The molecule has 19 heavy (non-hydrogen) atoms. The van der Waals surface area contributed by atoms with E-state index in [1.807, 2.05) is 0 Å². The normalized spacial score (nSPS) is 12.8. The van der Waals surface area contributed by atoms with E-state index in [1.54, 1.807) is 0 Å². The molecule has 0 spiro atoms. The van der Waals surface area contributed by atoms with Gasteiger partial charge in [0.2, 0.25) is 11.8 Å². The van der Waals surface area contributed by atoms with Gasteiger partial charge in [-0.3, -0.25) is 23.8 Å². The van der Waals surface area contributed by atoms with Crippen LogP contribution in [0.2, 0.25) is 0 Å². The highest BCUT2D eigenvalue weighted by Gasteiger charge is 2.22. The largest absolute Gasteiger partial charge is 0.480 e. The highest BCUT2D eigenvalue weighted by molar-refractivity contribution is 7.85. The predicted molar refractivity (Wildman–Crippen MR) is 63.7 cm³/mol. The molecule has 0 heterocycles. The lowest BCUT2D eigenvalue weighted by Gasteiger charge is -2.18. The van der Waals surface area contributed by atoms with E-state index in [1.165, 1.54) is 0 Å². The van der Waals surface area contributed by atoms with Gasteiger partial charge in [0.05, 0.1) is 5.75 Å². The Bertz CT molecular complexity index is 459. The van der Waals surface area contributed by atoms with Gasteiger partial charge in [0.25, 0.3) is 10.1 Å². The predicted octanol–water partition coefficient (Wildman–Crippen LogP) is -1.56. The molecule has 0 aromatic rings. The van der Waals surface area contributed by atoms with E-state index in [9.17, 15) is 22.8 Å². The quantitative estimate of drug-likeness (QED) is 0.476. The van der Waals surface area contributed by atoms with Crippen molar-refractivity contribution >= 4 is 27.9 Å². The molecule has 2 amide bonds. The number of carbonyl (C=O) groups is 3. The number of nitrogens with two attached hydrogens (primary N) is 1. The van der Waals surface area contributed by atoms with Crippen LogP contribution >= 0.6 is 0 Å². The van der Waals surface area contributed by atoms with E-state index in [-0.39, 0.29) is 12.8 Å². The maximum atomic E-state index is 11.6. The molecule has 0 aliphatic heterocycles. The highest BCUT2D eigenvalue weighted by atomic mass is 32.2. The van der Waals surface area contributed by atoms with E-state index in [0.717, 1.165) is 6.92 Å². The molecular formula is C9H16N2O7S. The summed E-state index contributed by atoms with van der Waals surface area (Å²) in [5, 5.41) is 8.52. The van der Waals surface area contributed by atoms with Crippen molar-refractivity contribution in [3.05, 3.63) is 0 Å². The van der Waals surface area contributed by atoms with Crippen LogP contribution in [0.15, 0.2) is 0 Å². The summed E-state index contributed by atoms with van der Waals surface area (Å²) in [6.07, 6.45) is -0.484. The lowest BCUT2D eigenvalue weighted by atomic mass is 10.1. The molecule has 0 saturated heterocycles. The molecule has 0 aromatic carbocycles. The average molecular weight is 296 g/mol. The molecular weight excluding hydrogens is 280 g/mol. The van der Waals surface area contributed by atoms with Gasteiger partial charge < -0.3 is 10.8 Å². The maximum Gasteiger partial charge on any atom is 0.320 e. The van der Waals surface area contributed by atoms with Crippen LogP contribution in [0.1, 0.15) is 19.8 Å². The average Bonchev–Trinajstić information content (AvgIpc) is 2.23. The Morgan fingerprint density at radius 1 is 1.32 bits per heavy atom. The summed E-state index contributed by atoms with van der Waals surface area (Å²) in [7, 11) is -4.30. The number of imide groups is 1. The number of hydrogen-bond donors (Lipinski definition) is 3. The van der Waals surface area contributed by atoms with Crippen molar-refractivity contribution in [2.75, 3.05) is 12.3 Å². The van der Waals surface area contributed by atoms with Crippen LogP contribution < -0.4 is 5.73 Å². The maximum absolute atomic E-state index is 11.6. The van der Waals surface area contributed by atoms with Crippen molar-refractivity contribution in [1.29, 1.82) is 0 Å². The Labute approximate surface area is 110 Å². The van der Waals surface area contributed by atoms with Crippen LogP contribution in [0.5, 0.6) is 0 Å². The van der Waals surface area contributed by atoms with Crippen molar-refractivity contribution in [1.82, 2.24) is 4.90 Å². The highest BCUT2D eigenvalue weighted by Crippen LogP contribution is 2.02. The van der Waals surface area contributed by atoms with Crippen LogP contribution in [0.4, 0.5) is 0 Å². The van der Waals surface area contributed by atoms with Gasteiger partial charge >= 0.3 is 5.97 Å². The monoisotopic (exact) mass is 296 g/mol. The van der Waals surface area contributed by atoms with E-state index >= 15 is 0 Å². The fraction of sp³-hybridized carbons (Fsp3) is 0.667. The number of aliphatic carboxylic acids is 1. The zero-order chi connectivity index (χ0) is 15.2. The number of hydrogen-bond acceptors (Lipinski definition) is 6. The third kappa shape index (κ3) is 7.49. The standard InChI is InChI=1S/C9H16N2O7S/c1-6(12)11(4-5-19(16,17)18)8(13)3-2-7(10)9(14)15/h7H,2-5,10H2,1H3,(H,14,15)(H,16,17,18). The Morgan fingerprint density at radius 3 is 2.21 bits per heavy atom. The van der Waals surface area contributed by atoms with Gasteiger partial charge in [0.15, 0.2) is 0 Å². The third-order valence-electron chi connectivity index (χ3n) is 2.24. The second-order valence-corrected chi connectivity index (χ2v) is 5.41. The molecule has 0 saturated carbocycles. The molecule has 1 atom stereocenters. The minimum atomic E-state index is -4.30. The summed E-state index contributed by atoms with van der Waals surface area (Å²) in [6.45, 7) is 0.564. The van der Waals surface area contributed by atoms with Gasteiger partial charge in [-0.15, -0.1) is 0 Å². The minimum absolute atomic E-state index is 0.177. The summed E-state index contributed by atoms with van der Waals surface area (Å²) in [6, 6.07) is -1.24. The molecule has 0 bridgehead atoms. The van der Waals surface area contributed by atoms with Crippen LogP contribution in [-0.2, 0) is 24.5 Å². The van der Waals surface area contributed by atoms with Gasteiger partial charge in [0, 0.05) is 19.9 Å². The molecule has 0 aliphatic carbocycles. The molecule has 0 fully saturated rings. The SMILES string of the molecule is CC(=O)N(CCS(=O)(=O)O)C(=O)CCC(N)C(=O)O. The van der Waals surface area contributed by atoms with Gasteiger partial charge in [0.1, 0.15) is 6.04 Å². The molecule has 1 unspecified atom stereocenters. The molecule has 9 nitrogen and oxygen atoms in total. The van der Waals surface area contributed by atoms with Crippen LogP contribution in [0.3, 0.4) is 0 Å². The second kappa shape index (κ2) is 7.16. The summed E-state index contributed by atoms with van der Waals surface area (Å²) in [5.41, 5.74) is 5.19. The van der Waals surface area contributed by atoms with Gasteiger partial charge in [-0.05, 0) is 6.42 Å². The van der Waals surface area contributed by atoms with E-state index in [2.05, 4.69) is 0 Å². The molecule has 0 aromatic heterocycles. The number of carbonyl (C=O) groups excluding carboxylic acids is 2. The fourth-order valence-electron chi connectivity index (χ4n) is 1.20. The molecule has 110 valence electrons. The first-order chi connectivity index (χ1) is 8.54. The Kier molecular flexibility index (Phi) is 6.59. The molecule has 0 radical (unpaired) electrons. The summed E-state index contributed by atoms with van der Waals surface area (Å²) < 4.78 is 29.6. The van der Waals surface area contributed by atoms with E-state index < -0.39 is 46.2 Å². The molecule has 4 N–H and O–H groups in total. The molecule has 0 rings (SSSR count). The summed E-state index contributed by atoms with van der Waals surface area (Å²) in [4.78, 5) is 33.8. The lowest BCUT2D eigenvalue weighted by Crippen LogP contribution is -2.40. The second-order valence-electron chi connectivity index (χ2n) is 3.83. The number of nitrogens with zero attached hydrogens (tertiary/aromatic N) is 1. The zero-order valence-corrected chi connectivity index (χ0v) is 11.1. The van der Waals surface area contributed by atoms with E-state index in [4.69, 9.17) is 15.4 Å². The Morgan fingerprint density at radius 2 is 1.84 bits per heavy atom. The first-order valence-electron chi connectivity index (χ1n) is 5.29. The van der Waals surface area contributed by atoms with Crippen LogP contribution in [-0.4, -0.2) is 59.1 Å². The van der Waals surface area contributed by atoms with Crippen molar-refractivity contribution < 1.29 is 32.5 Å². The summed E-state index contributed by atoms with van der Waals surface area (Å²) in [5.74, 6) is -3.49. The van der Waals surface area contributed by atoms with E-state index in [0.29, 0.717) is 4.90 Å². The number of carboxylic acids is 1. The van der Waals surface area contributed by atoms with Gasteiger partial charge in [-0.2, -0.15) is 8.42 Å². The van der Waals surface area contributed by atoms with Crippen LogP contribution in [0.25, 0.3) is 0 Å². The smallest absolute Gasteiger partial charge is 0.320 e. The van der Waals surface area contributed by atoms with Crippen LogP contribution in [0, 0.1) is 0 Å². The first kappa shape index (κ1) is 17.5. The Hall–Kier alpha value is -1.52. The third-order valence-corrected chi connectivity index (χ3v) is 2.94. The fourth-order valence-corrected chi connectivity index (χ4v) is 1.62. The Balaban J connectivity index is 4.51. The lowest BCUT2D eigenvalue weighted by molar-refractivity contribution is -0.143. The number of rotatable bonds is 7. The molecule has 10 heteroatoms. The van der Waals surface area contributed by atoms with Gasteiger partial charge in [-0.25, -0.2) is 0 Å². The number of carboxylic acid groups (broad SMARTS) is 1. The number of amides is 2. The topological polar surface area (TPSA) is 155 Å². The minimum Gasteiger partial charge on any atom is -0.480 e. The van der Waals surface area contributed by atoms with Crippen molar-refractivity contribution in [3.63, 3.8) is 0 Å². The summed E-state index contributed by atoms with van der Waals surface area (Å²) >= 11 is 0. The van der Waals surface area contributed by atoms with Crippen molar-refractivity contribution in [3.8, 4) is 0 Å². The van der Waals surface area contributed by atoms with Crippen molar-refractivity contribution in [2.45, 2.75) is 25.8 Å². The van der Waals surface area contributed by atoms with Crippen molar-refractivity contribution in [2.24, 2.45) is 5.73 Å².